The molecule has 9 N–H and O–H groups in total. The molecule has 17 atom stereocenters. The van der Waals surface area contributed by atoms with Crippen LogP contribution in [-0.2, 0) is 27.1 Å². The summed E-state index contributed by atoms with van der Waals surface area (Å²) in [5.74, 6) is 3.67. The van der Waals surface area contributed by atoms with Crippen LogP contribution in [0.5, 0.6) is 0 Å². The van der Waals surface area contributed by atoms with Gasteiger partial charge in [-0.05, 0) is 107 Å². The molecule has 9 rings (SSSR count). The number of rotatable bonds is 3. The minimum absolute atomic E-state index is 0. The summed E-state index contributed by atoms with van der Waals surface area (Å²) in [4.78, 5) is 2.06. The molecule has 5 aliphatic heterocycles. The fraction of sp³-hybridized carbons (Fsp3) is 0.973. The Hall–Kier alpha value is 0.0695. The monoisotopic (exact) mass is 779 g/mol. The second kappa shape index (κ2) is 16.7. The molecule has 0 aromatic heterocycles. The van der Waals surface area contributed by atoms with Crippen molar-refractivity contribution >= 4 is 10.0 Å². The SMILES string of the molecule is CC[CH-]N(C)C.[Cu+2].[NH-]S(=O)(=O)C1CCCC2C3NC4NC(NC5NC(NC6NC(NC(N3)C21)C1CCCCC61)C1CCCCC51)C1CCCCC41. The van der Waals surface area contributed by atoms with E-state index >= 15 is 0 Å². The molecule has 5 saturated heterocycles. The molecule has 4 aliphatic carbocycles. The molecule has 5 heterocycles. The van der Waals surface area contributed by atoms with Gasteiger partial charge >= 0.3 is 17.1 Å². The van der Waals surface area contributed by atoms with Crippen molar-refractivity contribution in [3.8, 4) is 0 Å². The van der Waals surface area contributed by atoms with Crippen molar-refractivity contribution in [3.63, 3.8) is 0 Å². The first-order valence-electron chi connectivity index (χ1n) is 20.8. The van der Waals surface area contributed by atoms with Gasteiger partial charge in [0.1, 0.15) is 0 Å². The van der Waals surface area contributed by atoms with E-state index in [1.807, 2.05) is 14.1 Å². The smallest absolute Gasteiger partial charge is 0.564 e. The molecule has 0 aromatic carbocycles. The molecule has 1 radical (unpaired) electrons. The number of nitrogens with zero attached hydrogens (tertiary/aromatic N) is 1. The summed E-state index contributed by atoms with van der Waals surface area (Å²) in [5, 5.41) is 40.2. The van der Waals surface area contributed by atoms with Crippen molar-refractivity contribution in [2.45, 2.75) is 164 Å². The fourth-order valence-electron chi connectivity index (χ4n) is 12.7. The van der Waals surface area contributed by atoms with Crippen molar-refractivity contribution in [2.24, 2.45) is 47.3 Å². The first-order chi connectivity index (χ1) is 24.2. The zero-order chi connectivity index (χ0) is 34.6. The van der Waals surface area contributed by atoms with E-state index in [-0.39, 0.29) is 65.9 Å². The van der Waals surface area contributed by atoms with Crippen LogP contribution in [0.3, 0.4) is 0 Å². The van der Waals surface area contributed by atoms with Crippen LogP contribution in [0.1, 0.15) is 110 Å². The summed E-state index contributed by atoms with van der Waals surface area (Å²) in [7, 11) is 0.157. The third kappa shape index (κ3) is 8.03. The molecular weight excluding hydrogens is 712 g/mol. The average Bonchev–Trinajstić information content (AvgIpc) is 3.84. The third-order valence-corrected chi connectivity index (χ3v) is 16.1. The number of hydrogen-bond donors (Lipinski definition) is 8. The molecule has 12 nitrogen and oxygen atoms in total. The minimum Gasteiger partial charge on any atom is -0.564 e. The van der Waals surface area contributed by atoms with Crippen molar-refractivity contribution in [1.29, 1.82) is 0 Å². The van der Waals surface area contributed by atoms with Crippen LogP contribution < -0.4 is 42.5 Å². The van der Waals surface area contributed by atoms with E-state index < -0.39 is 15.3 Å². The Morgan fingerprint density at radius 3 is 1.08 bits per heavy atom. The van der Waals surface area contributed by atoms with E-state index in [1.165, 1.54) is 77.0 Å². The van der Waals surface area contributed by atoms with Crippen LogP contribution in [-0.4, -0.2) is 82.0 Å². The predicted molar refractivity (Wildman–Crippen MR) is 198 cm³/mol. The Morgan fingerprint density at radius 1 is 0.510 bits per heavy atom. The van der Waals surface area contributed by atoms with Crippen LogP contribution in [0.15, 0.2) is 0 Å². The maximum atomic E-state index is 12.9. The van der Waals surface area contributed by atoms with Crippen molar-refractivity contribution in [2.75, 3.05) is 14.1 Å². The van der Waals surface area contributed by atoms with Crippen molar-refractivity contribution < 1.29 is 25.5 Å². The van der Waals surface area contributed by atoms with Gasteiger partial charge in [0.15, 0.2) is 0 Å². The molecule has 9 fully saturated rings. The Kier molecular flexibility index (Phi) is 12.8. The van der Waals surface area contributed by atoms with E-state index in [4.69, 9.17) is 5.14 Å². The maximum Gasteiger partial charge on any atom is 2.00 e. The summed E-state index contributed by atoms with van der Waals surface area (Å²) in [6, 6.07) is 0. The normalized spacial score (nSPS) is 49.1. The number of sulfonamides is 1. The fourth-order valence-corrected chi connectivity index (χ4v) is 14.0. The van der Waals surface area contributed by atoms with Gasteiger partial charge in [-0.15, -0.1) is 0 Å². The van der Waals surface area contributed by atoms with E-state index in [2.05, 4.69) is 60.9 Å². The van der Waals surface area contributed by atoms with Gasteiger partial charge in [0.2, 0.25) is 0 Å². The van der Waals surface area contributed by atoms with Gasteiger partial charge in [-0.3, -0.25) is 49.1 Å². The van der Waals surface area contributed by atoms with Crippen LogP contribution in [0.2, 0.25) is 0 Å². The standard InChI is InChI=1S/C32H56N9O2S.C5H12N.Cu/c33-44(42,43)23-15-7-14-22-24(23)32-40-30-21-13-6-5-12-20(21)28(38-30)36-26-17-9-2-1-8-16(17)25(34-26)35-27-18-10-3-4-11-19(18)29(37-27)39-31(22)41-32;1-4-5-6(2)3;/h16-32,34-41H,1-15H2,(H-,33,42,43);5H,4H2,1-3H3;/q2*-1;+2. The molecule has 14 heteroatoms. The number of fused-ring (bicyclic) bond motifs is 20. The molecule has 8 bridgehead atoms. The van der Waals surface area contributed by atoms with E-state index in [0.29, 0.717) is 54.3 Å². The van der Waals surface area contributed by atoms with Gasteiger partial charge in [0.05, 0.1) is 59.3 Å². The molecule has 4 saturated carbocycles. The molecule has 9 aliphatic rings. The third-order valence-electron chi connectivity index (χ3n) is 14.8. The molecule has 295 valence electrons. The Labute approximate surface area is 319 Å². The topological polar surface area (TPSA) is 157 Å². The van der Waals surface area contributed by atoms with Gasteiger partial charge in [0.25, 0.3) is 0 Å². The van der Waals surface area contributed by atoms with Crippen LogP contribution in [0.25, 0.3) is 5.14 Å². The zero-order valence-electron chi connectivity index (χ0n) is 31.2. The van der Waals surface area contributed by atoms with Gasteiger partial charge in [0, 0.05) is 11.2 Å². The molecule has 0 spiro atoms. The molecule has 0 amide bonds. The van der Waals surface area contributed by atoms with Gasteiger partial charge in [-0.1, -0.05) is 51.9 Å². The zero-order valence-corrected chi connectivity index (χ0v) is 32.9. The second-order valence-electron chi connectivity index (χ2n) is 17.8. The number of hydrogen-bond acceptors (Lipinski definition) is 11. The van der Waals surface area contributed by atoms with Crippen LogP contribution in [0.4, 0.5) is 0 Å². The first kappa shape index (κ1) is 39.3. The van der Waals surface area contributed by atoms with Gasteiger partial charge < -0.3 is 10.0 Å². The van der Waals surface area contributed by atoms with Crippen molar-refractivity contribution in [1.82, 2.24) is 47.4 Å². The summed E-state index contributed by atoms with van der Waals surface area (Å²) in [6.07, 6.45) is 20.4. The first-order valence-corrected chi connectivity index (χ1v) is 22.3. The molecule has 0 aromatic rings. The number of nitrogens with one attached hydrogen (secondary N) is 9. The van der Waals surface area contributed by atoms with E-state index in [9.17, 15) is 8.42 Å². The Bertz CT molecular complexity index is 1260. The Balaban J connectivity index is 0.000000537. The summed E-state index contributed by atoms with van der Waals surface area (Å²) < 4.78 is 25.9. The summed E-state index contributed by atoms with van der Waals surface area (Å²) >= 11 is 0. The largest absolute Gasteiger partial charge is 2.00 e. The summed E-state index contributed by atoms with van der Waals surface area (Å²) in [5.41, 5.74) is 0. The molecule has 17 unspecified atom stereocenters. The average molecular weight is 781 g/mol. The van der Waals surface area contributed by atoms with Crippen LogP contribution in [0, 0.1) is 53.9 Å². The molecular formula is C37H68CuN10O2S. The van der Waals surface area contributed by atoms with E-state index in [0.717, 1.165) is 19.3 Å². The molecule has 51 heavy (non-hydrogen) atoms. The Morgan fingerprint density at radius 2 is 0.804 bits per heavy atom. The maximum absolute atomic E-state index is 12.9. The second-order valence-corrected chi connectivity index (χ2v) is 19.5. The minimum atomic E-state index is -3.91. The summed E-state index contributed by atoms with van der Waals surface area (Å²) in [6.45, 7) is 4.25. The van der Waals surface area contributed by atoms with Crippen molar-refractivity contribution in [3.05, 3.63) is 11.7 Å². The predicted octanol–water partition coefficient (Wildman–Crippen LogP) is 3.08. The van der Waals surface area contributed by atoms with Gasteiger partial charge in [-0.2, -0.15) is 6.42 Å². The van der Waals surface area contributed by atoms with Crippen LogP contribution >= 0.6 is 0 Å². The quantitative estimate of drug-likeness (QED) is 0.157. The van der Waals surface area contributed by atoms with E-state index in [1.54, 1.807) is 0 Å². The van der Waals surface area contributed by atoms with Gasteiger partial charge in [-0.25, -0.2) is 8.42 Å².